The lowest BCUT2D eigenvalue weighted by Crippen LogP contribution is -1.92. The summed E-state index contributed by atoms with van der Waals surface area (Å²) in [6.45, 7) is 2.25. The molecule has 0 heterocycles. The van der Waals surface area contributed by atoms with Gasteiger partial charge < -0.3 is 5.11 Å². The molecule has 0 bridgehead atoms. The summed E-state index contributed by atoms with van der Waals surface area (Å²) in [5, 5.41) is 8.49. The third kappa shape index (κ3) is 16.9. The van der Waals surface area contributed by atoms with Gasteiger partial charge in [0, 0.05) is 6.42 Å². The third-order valence-corrected chi connectivity index (χ3v) is 3.32. The third-order valence-electron chi connectivity index (χ3n) is 3.32. The van der Waals surface area contributed by atoms with Gasteiger partial charge >= 0.3 is 5.97 Å². The lowest BCUT2D eigenvalue weighted by molar-refractivity contribution is -0.137. The van der Waals surface area contributed by atoms with Crippen molar-refractivity contribution >= 4 is 5.97 Å². The molecule has 20 heavy (non-hydrogen) atoms. The molecule has 0 radical (unpaired) electrons. The zero-order valence-electron chi connectivity index (χ0n) is 13.2. The highest BCUT2D eigenvalue weighted by Crippen LogP contribution is 2.06. The number of aliphatic carboxylic acids is 1. The summed E-state index contributed by atoms with van der Waals surface area (Å²) >= 11 is 0. The van der Waals surface area contributed by atoms with Gasteiger partial charge in [0.2, 0.25) is 0 Å². The van der Waals surface area contributed by atoms with Crippen molar-refractivity contribution in [3.63, 3.8) is 0 Å². The predicted molar refractivity (Wildman–Crippen MR) is 87.0 cm³/mol. The molecule has 0 atom stereocenters. The largest absolute Gasteiger partial charge is 0.481 e. The normalized spacial score (nSPS) is 11.7. The van der Waals surface area contributed by atoms with Crippen LogP contribution in [0.2, 0.25) is 0 Å². The molecule has 0 aliphatic carbocycles. The lowest BCUT2D eigenvalue weighted by Gasteiger charge is -1.96. The van der Waals surface area contributed by atoms with Crippen LogP contribution in [0.15, 0.2) is 24.3 Å². The van der Waals surface area contributed by atoms with Crippen molar-refractivity contribution in [2.24, 2.45) is 0 Å². The number of carboxylic acids is 1. The summed E-state index contributed by atoms with van der Waals surface area (Å²) in [5.74, 6) is -0.686. The molecule has 0 rings (SSSR count). The van der Waals surface area contributed by atoms with Crippen LogP contribution in [0.5, 0.6) is 0 Å². The van der Waals surface area contributed by atoms with E-state index in [1.165, 1.54) is 38.5 Å². The van der Waals surface area contributed by atoms with E-state index < -0.39 is 5.97 Å². The molecule has 0 saturated carbocycles. The Morgan fingerprint density at radius 1 is 0.750 bits per heavy atom. The van der Waals surface area contributed by atoms with Gasteiger partial charge in [0.25, 0.3) is 0 Å². The second-order valence-corrected chi connectivity index (χ2v) is 5.36. The number of allylic oxidation sites excluding steroid dienone is 4. The van der Waals surface area contributed by atoms with E-state index in [0.29, 0.717) is 6.42 Å². The van der Waals surface area contributed by atoms with Gasteiger partial charge in [-0.25, -0.2) is 0 Å². The number of hydrogen-bond acceptors (Lipinski definition) is 1. The van der Waals surface area contributed by atoms with Crippen LogP contribution in [-0.4, -0.2) is 11.1 Å². The van der Waals surface area contributed by atoms with E-state index in [-0.39, 0.29) is 0 Å². The zero-order chi connectivity index (χ0) is 14.9. The Hall–Kier alpha value is -1.05. The van der Waals surface area contributed by atoms with E-state index >= 15 is 0 Å². The SMILES string of the molecule is CCCCCCC/C=C/CC/C=C/CCCCC(=O)O. The molecule has 0 amide bonds. The van der Waals surface area contributed by atoms with Gasteiger partial charge in [0.1, 0.15) is 0 Å². The van der Waals surface area contributed by atoms with Crippen LogP contribution in [0.25, 0.3) is 0 Å². The van der Waals surface area contributed by atoms with Crippen molar-refractivity contribution in [2.45, 2.75) is 84.0 Å². The highest BCUT2D eigenvalue weighted by atomic mass is 16.4. The standard InChI is InChI=1S/C18H32O2/c1-2-3-4-5-6-7-8-9-10-11-12-13-14-15-16-17-18(19)20/h8-9,12-13H,2-7,10-11,14-17H2,1H3,(H,19,20)/b9-8+,13-12+. The molecule has 0 aliphatic rings. The Bertz CT molecular complexity index is 267. The summed E-state index contributed by atoms with van der Waals surface area (Å²) in [6.07, 6.45) is 22.3. The number of unbranched alkanes of at least 4 members (excludes halogenated alkanes) is 8. The van der Waals surface area contributed by atoms with Crippen LogP contribution in [0.1, 0.15) is 84.0 Å². The van der Waals surface area contributed by atoms with Gasteiger partial charge in [-0.2, -0.15) is 0 Å². The van der Waals surface area contributed by atoms with Crippen molar-refractivity contribution in [3.8, 4) is 0 Å². The molecule has 0 aromatic heterocycles. The maximum absolute atomic E-state index is 10.3. The van der Waals surface area contributed by atoms with Crippen molar-refractivity contribution in [1.29, 1.82) is 0 Å². The second kappa shape index (κ2) is 16.0. The molecular formula is C18H32O2. The monoisotopic (exact) mass is 280 g/mol. The van der Waals surface area contributed by atoms with Gasteiger partial charge in [-0.05, 0) is 44.9 Å². The highest BCUT2D eigenvalue weighted by Gasteiger charge is 1.94. The molecule has 0 spiro atoms. The Kier molecular flexibility index (Phi) is 15.2. The van der Waals surface area contributed by atoms with Crippen molar-refractivity contribution in [2.75, 3.05) is 0 Å². The molecule has 0 saturated heterocycles. The van der Waals surface area contributed by atoms with E-state index in [4.69, 9.17) is 5.11 Å². The molecule has 0 aromatic rings. The molecule has 0 fully saturated rings. The number of carbonyl (C=O) groups is 1. The fraction of sp³-hybridized carbons (Fsp3) is 0.722. The first-order chi connectivity index (χ1) is 9.77. The van der Waals surface area contributed by atoms with Gasteiger partial charge in [-0.15, -0.1) is 0 Å². The van der Waals surface area contributed by atoms with Crippen LogP contribution >= 0.6 is 0 Å². The fourth-order valence-electron chi connectivity index (χ4n) is 2.07. The summed E-state index contributed by atoms with van der Waals surface area (Å²) < 4.78 is 0. The summed E-state index contributed by atoms with van der Waals surface area (Å²) in [6, 6.07) is 0. The van der Waals surface area contributed by atoms with E-state index in [1.807, 2.05) is 0 Å². The summed E-state index contributed by atoms with van der Waals surface area (Å²) in [4.78, 5) is 10.3. The minimum Gasteiger partial charge on any atom is -0.481 e. The second-order valence-electron chi connectivity index (χ2n) is 5.36. The van der Waals surface area contributed by atoms with Crippen LogP contribution in [0, 0.1) is 0 Å². The zero-order valence-corrected chi connectivity index (χ0v) is 13.2. The quantitative estimate of drug-likeness (QED) is 0.318. The predicted octanol–water partition coefficient (Wildman–Crippen LogP) is 5.88. The van der Waals surface area contributed by atoms with Gasteiger partial charge in [0.05, 0.1) is 0 Å². The molecule has 2 nitrogen and oxygen atoms in total. The molecule has 0 aliphatic heterocycles. The molecule has 1 N–H and O–H groups in total. The molecule has 0 unspecified atom stereocenters. The molecular weight excluding hydrogens is 248 g/mol. The molecule has 116 valence electrons. The Morgan fingerprint density at radius 2 is 1.25 bits per heavy atom. The lowest BCUT2D eigenvalue weighted by atomic mass is 10.1. The number of carboxylic acid groups (broad SMARTS) is 1. The summed E-state index contributed by atoms with van der Waals surface area (Å²) in [5.41, 5.74) is 0. The van der Waals surface area contributed by atoms with E-state index in [9.17, 15) is 4.79 Å². The summed E-state index contributed by atoms with van der Waals surface area (Å²) in [7, 11) is 0. The maximum atomic E-state index is 10.3. The van der Waals surface area contributed by atoms with Crippen LogP contribution in [-0.2, 0) is 4.79 Å². The van der Waals surface area contributed by atoms with Crippen molar-refractivity contribution < 1.29 is 9.90 Å². The smallest absolute Gasteiger partial charge is 0.303 e. The average molecular weight is 280 g/mol. The van der Waals surface area contributed by atoms with E-state index in [2.05, 4.69) is 31.2 Å². The first kappa shape index (κ1) is 18.9. The Balaban J connectivity index is 3.19. The van der Waals surface area contributed by atoms with Crippen LogP contribution in [0.4, 0.5) is 0 Å². The average Bonchev–Trinajstić information content (AvgIpc) is 2.43. The topological polar surface area (TPSA) is 37.3 Å². The molecule has 0 aromatic carbocycles. The first-order valence-corrected chi connectivity index (χ1v) is 8.29. The minimum absolute atomic E-state index is 0.300. The minimum atomic E-state index is -0.686. The first-order valence-electron chi connectivity index (χ1n) is 8.29. The molecule has 2 heteroatoms. The van der Waals surface area contributed by atoms with Gasteiger partial charge in [-0.1, -0.05) is 56.9 Å². The number of rotatable bonds is 14. The maximum Gasteiger partial charge on any atom is 0.303 e. The van der Waals surface area contributed by atoms with E-state index in [0.717, 1.165) is 32.1 Å². The fourth-order valence-corrected chi connectivity index (χ4v) is 2.07. The Morgan fingerprint density at radius 3 is 1.80 bits per heavy atom. The van der Waals surface area contributed by atoms with E-state index in [1.54, 1.807) is 0 Å². The van der Waals surface area contributed by atoms with Gasteiger partial charge in [-0.3, -0.25) is 4.79 Å². The van der Waals surface area contributed by atoms with Crippen molar-refractivity contribution in [1.82, 2.24) is 0 Å². The van der Waals surface area contributed by atoms with Gasteiger partial charge in [0.15, 0.2) is 0 Å². The van der Waals surface area contributed by atoms with Crippen LogP contribution in [0.3, 0.4) is 0 Å². The van der Waals surface area contributed by atoms with Crippen molar-refractivity contribution in [3.05, 3.63) is 24.3 Å². The Labute approximate surface area is 125 Å². The van der Waals surface area contributed by atoms with Crippen LogP contribution < -0.4 is 0 Å². The highest BCUT2D eigenvalue weighted by molar-refractivity contribution is 5.66. The number of hydrogen-bond donors (Lipinski definition) is 1.